The number of nitrogens with one attached hydrogen (secondary N) is 1. The predicted molar refractivity (Wildman–Crippen MR) is 97.1 cm³/mol. The van der Waals surface area contributed by atoms with Crippen LogP contribution in [0.3, 0.4) is 0 Å². The molecule has 0 amide bonds. The molecule has 0 spiro atoms. The van der Waals surface area contributed by atoms with Crippen molar-refractivity contribution in [3.8, 4) is 0 Å². The molecule has 1 atom stereocenters. The number of aromatic nitrogens is 5. The highest BCUT2D eigenvalue weighted by Crippen LogP contribution is 2.22. The molecule has 0 aliphatic carbocycles. The minimum absolute atomic E-state index is 0.594. The Hall–Kier alpha value is -2.51. The Kier molecular flexibility index (Phi) is 5.08. The molecule has 1 aromatic carbocycles. The monoisotopic (exact) mass is 352 g/mol. The summed E-state index contributed by atoms with van der Waals surface area (Å²) >= 11 is 0. The number of hydrogen-bond donors (Lipinski definition) is 2. The van der Waals surface area contributed by atoms with E-state index in [1.165, 1.54) is 5.69 Å². The Bertz CT molecular complexity index is 793. The molecule has 3 heterocycles. The summed E-state index contributed by atoms with van der Waals surface area (Å²) in [6.45, 7) is 3.95. The quantitative estimate of drug-likeness (QED) is 0.709. The van der Waals surface area contributed by atoms with Crippen molar-refractivity contribution in [2.24, 2.45) is 5.92 Å². The fourth-order valence-electron chi connectivity index (χ4n) is 3.54. The zero-order valence-electron chi connectivity index (χ0n) is 14.7. The van der Waals surface area contributed by atoms with Crippen molar-refractivity contribution in [1.82, 2.24) is 29.9 Å². The van der Waals surface area contributed by atoms with Gasteiger partial charge in [-0.3, -0.25) is 9.58 Å². The Morgan fingerprint density at radius 2 is 2.00 bits per heavy atom. The van der Waals surface area contributed by atoms with Crippen LogP contribution in [0.25, 0.3) is 0 Å². The first-order valence-corrected chi connectivity index (χ1v) is 9.10. The lowest BCUT2D eigenvalue weighted by Crippen LogP contribution is -2.34. The first kappa shape index (κ1) is 16.9. The van der Waals surface area contributed by atoms with Gasteiger partial charge in [0.05, 0.1) is 12.5 Å². The molecule has 7 heteroatoms. The number of aromatic amines is 1. The second-order valence-electron chi connectivity index (χ2n) is 6.98. The van der Waals surface area contributed by atoms with Crippen molar-refractivity contribution in [1.29, 1.82) is 0 Å². The second-order valence-corrected chi connectivity index (χ2v) is 6.98. The SMILES string of the molecule is O[C@H](c1ccccc1)c1cn(CC2CCN(Cc3cnc[nH]3)CC2)nn1. The minimum Gasteiger partial charge on any atom is -0.382 e. The first-order valence-electron chi connectivity index (χ1n) is 9.10. The Balaban J connectivity index is 1.30. The maximum Gasteiger partial charge on any atom is 0.124 e. The molecular formula is C19H24N6O. The van der Waals surface area contributed by atoms with Gasteiger partial charge in [0.2, 0.25) is 0 Å². The molecule has 3 aromatic rings. The lowest BCUT2D eigenvalue weighted by atomic mass is 9.97. The zero-order chi connectivity index (χ0) is 17.8. The maximum absolute atomic E-state index is 10.4. The normalized spacial score (nSPS) is 17.4. The largest absolute Gasteiger partial charge is 0.382 e. The van der Waals surface area contributed by atoms with E-state index in [1.54, 1.807) is 6.33 Å². The lowest BCUT2D eigenvalue weighted by Gasteiger charge is -2.31. The molecule has 1 aliphatic rings. The zero-order valence-corrected chi connectivity index (χ0v) is 14.7. The number of H-pyrrole nitrogens is 1. The number of aliphatic hydroxyl groups excluding tert-OH is 1. The van der Waals surface area contributed by atoms with Gasteiger partial charge in [-0.25, -0.2) is 4.98 Å². The van der Waals surface area contributed by atoms with Crippen molar-refractivity contribution < 1.29 is 5.11 Å². The van der Waals surface area contributed by atoms with Crippen LogP contribution in [0.1, 0.15) is 35.9 Å². The Morgan fingerprint density at radius 1 is 1.19 bits per heavy atom. The highest BCUT2D eigenvalue weighted by molar-refractivity contribution is 5.23. The van der Waals surface area contributed by atoms with Crippen molar-refractivity contribution in [3.05, 3.63) is 66.0 Å². The van der Waals surface area contributed by atoms with Crippen molar-refractivity contribution >= 4 is 0 Å². The van der Waals surface area contributed by atoms with Crippen LogP contribution in [0.4, 0.5) is 0 Å². The number of likely N-dealkylation sites (tertiary alicyclic amines) is 1. The molecule has 0 saturated carbocycles. The molecule has 1 aliphatic heterocycles. The van der Waals surface area contributed by atoms with Crippen LogP contribution < -0.4 is 0 Å². The van der Waals surface area contributed by atoms with Gasteiger partial charge in [-0.05, 0) is 37.4 Å². The molecule has 26 heavy (non-hydrogen) atoms. The molecule has 4 rings (SSSR count). The molecule has 0 radical (unpaired) electrons. The number of benzene rings is 1. The summed E-state index contributed by atoms with van der Waals surface area (Å²) in [5.74, 6) is 0.594. The third-order valence-corrected chi connectivity index (χ3v) is 5.05. The fraction of sp³-hybridized carbons (Fsp3) is 0.421. The molecular weight excluding hydrogens is 328 g/mol. The average Bonchev–Trinajstić information content (AvgIpc) is 3.36. The van der Waals surface area contributed by atoms with Crippen LogP contribution in [-0.2, 0) is 13.1 Å². The van der Waals surface area contributed by atoms with E-state index in [2.05, 4.69) is 25.2 Å². The van der Waals surface area contributed by atoms with E-state index in [4.69, 9.17) is 0 Å². The summed E-state index contributed by atoms with van der Waals surface area (Å²) < 4.78 is 1.87. The molecule has 136 valence electrons. The first-order chi connectivity index (χ1) is 12.8. The predicted octanol–water partition coefficient (Wildman–Crippen LogP) is 2.00. The van der Waals surface area contributed by atoms with Crippen molar-refractivity contribution in [2.75, 3.05) is 13.1 Å². The topological polar surface area (TPSA) is 82.9 Å². The van der Waals surface area contributed by atoms with Crippen LogP contribution in [0.5, 0.6) is 0 Å². The van der Waals surface area contributed by atoms with E-state index in [1.807, 2.05) is 47.4 Å². The molecule has 1 saturated heterocycles. The van der Waals surface area contributed by atoms with Gasteiger partial charge in [-0.1, -0.05) is 35.5 Å². The second kappa shape index (κ2) is 7.80. The molecule has 1 fully saturated rings. The number of hydrogen-bond acceptors (Lipinski definition) is 5. The van der Waals surface area contributed by atoms with Gasteiger partial charge in [0.1, 0.15) is 11.8 Å². The summed E-state index contributed by atoms with van der Waals surface area (Å²) in [4.78, 5) is 9.69. The third-order valence-electron chi connectivity index (χ3n) is 5.05. The van der Waals surface area contributed by atoms with Gasteiger partial charge in [0.15, 0.2) is 0 Å². The number of rotatable bonds is 6. The maximum atomic E-state index is 10.4. The summed E-state index contributed by atoms with van der Waals surface area (Å²) in [5, 5.41) is 18.8. The third kappa shape index (κ3) is 4.00. The van der Waals surface area contributed by atoms with Gasteiger partial charge < -0.3 is 10.1 Å². The molecule has 0 unspecified atom stereocenters. The van der Waals surface area contributed by atoms with E-state index in [9.17, 15) is 5.11 Å². The van der Waals surface area contributed by atoms with Crippen LogP contribution in [0.2, 0.25) is 0 Å². The standard InChI is InChI=1S/C19H24N6O/c26-19(16-4-2-1-3-5-16)18-13-25(23-22-18)11-15-6-8-24(9-7-15)12-17-10-20-14-21-17/h1-5,10,13-15,19,26H,6-9,11-12H2,(H,20,21)/t19-/m1/s1. The highest BCUT2D eigenvalue weighted by atomic mass is 16.3. The van der Waals surface area contributed by atoms with Gasteiger partial charge in [-0.15, -0.1) is 5.10 Å². The lowest BCUT2D eigenvalue weighted by molar-refractivity contribution is 0.163. The summed E-state index contributed by atoms with van der Waals surface area (Å²) in [6, 6.07) is 9.57. The van der Waals surface area contributed by atoms with Crippen LogP contribution in [0, 0.1) is 5.92 Å². The summed E-state index contributed by atoms with van der Waals surface area (Å²) in [6.07, 6.45) is 7.06. The average molecular weight is 352 g/mol. The molecule has 7 nitrogen and oxygen atoms in total. The Morgan fingerprint density at radius 3 is 2.73 bits per heavy atom. The van der Waals surface area contributed by atoms with E-state index >= 15 is 0 Å². The smallest absolute Gasteiger partial charge is 0.124 e. The summed E-state index contributed by atoms with van der Waals surface area (Å²) in [7, 11) is 0. The van der Waals surface area contributed by atoms with Crippen molar-refractivity contribution in [2.45, 2.75) is 32.0 Å². The van der Waals surface area contributed by atoms with E-state index in [-0.39, 0.29) is 0 Å². The van der Waals surface area contributed by atoms with Gasteiger partial charge >= 0.3 is 0 Å². The number of piperidine rings is 1. The highest BCUT2D eigenvalue weighted by Gasteiger charge is 2.21. The van der Waals surface area contributed by atoms with Crippen molar-refractivity contribution in [3.63, 3.8) is 0 Å². The molecule has 2 N–H and O–H groups in total. The number of imidazole rings is 1. The molecule has 2 aromatic heterocycles. The fourth-order valence-corrected chi connectivity index (χ4v) is 3.54. The molecule has 0 bridgehead atoms. The Labute approximate surface area is 152 Å². The summed E-state index contributed by atoms with van der Waals surface area (Å²) in [5.41, 5.74) is 2.61. The van der Waals surface area contributed by atoms with E-state index < -0.39 is 6.10 Å². The van der Waals surface area contributed by atoms with Crippen LogP contribution in [-0.4, -0.2) is 48.1 Å². The minimum atomic E-state index is -0.721. The van der Waals surface area contributed by atoms with Crippen LogP contribution in [0.15, 0.2) is 49.1 Å². The van der Waals surface area contributed by atoms with Gasteiger partial charge in [0.25, 0.3) is 0 Å². The number of aliphatic hydroxyl groups is 1. The van der Waals surface area contributed by atoms with Gasteiger partial charge in [-0.2, -0.15) is 0 Å². The van der Waals surface area contributed by atoms with Crippen LogP contribution >= 0.6 is 0 Å². The van der Waals surface area contributed by atoms with E-state index in [0.717, 1.165) is 44.6 Å². The number of nitrogens with zero attached hydrogens (tertiary/aromatic N) is 5. The van der Waals surface area contributed by atoms with Gasteiger partial charge in [0, 0.05) is 25.0 Å². The van der Waals surface area contributed by atoms with E-state index in [0.29, 0.717) is 11.6 Å².